The number of nitrogens with one attached hydrogen (secondary N) is 1. The first-order chi connectivity index (χ1) is 7.69. The van der Waals surface area contributed by atoms with Crippen LogP contribution in [0.3, 0.4) is 0 Å². The number of hydrazine groups is 1. The molecule has 0 unspecified atom stereocenters. The highest BCUT2D eigenvalue weighted by Gasteiger charge is 2.14. The molecular formula is C10H17N3O2S. The third-order valence-corrected chi connectivity index (χ3v) is 2.80. The smallest absolute Gasteiger partial charge is 0.268 e. The number of hydrogen-bond donors (Lipinski definition) is 2. The Balaban J connectivity index is 2.59. The monoisotopic (exact) mass is 243 g/mol. The molecular weight excluding hydrogens is 226 g/mol. The molecule has 1 heterocycles. The summed E-state index contributed by atoms with van der Waals surface area (Å²) >= 11 is 1.79. The van der Waals surface area contributed by atoms with Crippen LogP contribution in [0.5, 0.6) is 0 Å². The lowest BCUT2D eigenvalue weighted by Gasteiger charge is -2.14. The second-order valence-corrected chi connectivity index (χ2v) is 4.45. The van der Waals surface area contributed by atoms with Crippen molar-refractivity contribution in [3.05, 3.63) is 23.7 Å². The zero-order valence-corrected chi connectivity index (χ0v) is 10.3. The van der Waals surface area contributed by atoms with Crippen LogP contribution in [-0.2, 0) is 6.54 Å². The molecule has 90 valence electrons. The summed E-state index contributed by atoms with van der Waals surface area (Å²) in [4.78, 5) is 13.5. The molecule has 0 aromatic carbocycles. The minimum absolute atomic E-state index is 0.318. The number of amides is 1. The fourth-order valence-electron chi connectivity index (χ4n) is 1.31. The first-order valence-corrected chi connectivity index (χ1v) is 6.33. The summed E-state index contributed by atoms with van der Waals surface area (Å²) in [6.45, 7) is 1.56. The first kappa shape index (κ1) is 13.1. The maximum atomic E-state index is 11.4. The van der Waals surface area contributed by atoms with Crippen molar-refractivity contribution in [1.82, 2.24) is 10.3 Å². The van der Waals surface area contributed by atoms with Gasteiger partial charge in [0.2, 0.25) is 0 Å². The number of furan rings is 1. The average Bonchev–Trinajstić information content (AvgIpc) is 2.73. The van der Waals surface area contributed by atoms with Crippen LogP contribution in [0.15, 0.2) is 16.7 Å². The molecule has 6 heteroatoms. The van der Waals surface area contributed by atoms with E-state index in [2.05, 4.69) is 16.6 Å². The van der Waals surface area contributed by atoms with Crippen LogP contribution in [0, 0.1) is 0 Å². The maximum absolute atomic E-state index is 11.4. The van der Waals surface area contributed by atoms with E-state index in [-0.39, 0.29) is 5.91 Å². The first-order valence-electron chi connectivity index (χ1n) is 4.93. The summed E-state index contributed by atoms with van der Waals surface area (Å²) in [5.74, 6) is 6.46. The van der Waals surface area contributed by atoms with Crippen LogP contribution in [0.2, 0.25) is 0 Å². The Morgan fingerprint density at radius 3 is 3.06 bits per heavy atom. The molecule has 16 heavy (non-hydrogen) atoms. The molecule has 0 fully saturated rings. The summed E-state index contributed by atoms with van der Waals surface area (Å²) in [5.41, 5.74) is 2.60. The number of nitrogen functional groups attached to an aromatic ring is 1. The number of carbonyl (C=O) groups excluding carboxylic acids is 1. The van der Waals surface area contributed by atoms with E-state index in [0.29, 0.717) is 17.9 Å². The molecule has 5 nitrogen and oxygen atoms in total. The Morgan fingerprint density at radius 1 is 1.69 bits per heavy atom. The third kappa shape index (κ3) is 3.55. The third-order valence-electron chi connectivity index (χ3n) is 2.21. The lowest BCUT2D eigenvalue weighted by atomic mass is 10.2. The highest BCUT2D eigenvalue weighted by Crippen LogP contribution is 2.12. The van der Waals surface area contributed by atoms with Crippen molar-refractivity contribution in [2.24, 2.45) is 5.84 Å². The van der Waals surface area contributed by atoms with E-state index in [0.717, 1.165) is 12.3 Å². The number of rotatable bonds is 6. The topological polar surface area (TPSA) is 71.5 Å². The average molecular weight is 243 g/mol. The van der Waals surface area contributed by atoms with Gasteiger partial charge in [-0.15, -0.1) is 0 Å². The number of nitrogens with zero attached hydrogens (tertiary/aromatic N) is 1. The van der Waals surface area contributed by atoms with Gasteiger partial charge in [0, 0.05) is 12.3 Å². The van der Waals surface area contributed by atoms with Gasteiger partial charge in [0.15, 0.2) is 0 Å². The van der Waals surface area contributed by atoms with Gasteiger partial charge in [0.25, 0.3) is 5.91 Å². The Hall–Kier alpha value is -0.980. The van der Waals surface area contributed by atoms with Gasteiger partial charge in [0.1, 0.15) is 5.76 Å². The highest BCUT2D eigenvalue weighted by atomic mass is 32.2. The van der Waals surface area contributed by atoms with E-state index in [4.69, 9.17) is 10.3 Å². The number of carbonyl (C=O) groups is 1. The van der Waals surface area contributed by atoms with Crippen LogP contribution in [0.4, 0.5) is 0 Å². The number of hydrogen-bond acceptors (Lipinski definition) is 5. The molecule has 0 bridgehead atoms. The van der Waals surface area contributed by atoms with Gasteiger partial charge in [-0.2, -0.15) is 11.8 Å². The van der Waals surface area contributed by atoms with Crippen LogP contribution in [0.25, 0.3) is 0 Å². The van der Waals surface area contributed by atoms with Crippen molar-refractivity contribution in [1.29, 1.82) is 0 Å². The van der Waals surface area contributed by atoms with Gasteiger partial charge in [-0.05, 0) is 19.4 Å². The largest absolute Gasteiger partial charge is 0.467 e. The van der Waals surface area contributed by atoms with Gasteiger partial charge in [-0.25, -0.2) is 5.84 Å². The Morgan fingerprint density at radius 2 is 2.44 bits per heavy atom. The zero-order valence-electron chi connectivity index (χ0n) is 9.53. The molecule has 0 atom stereocenters. The predicted molar refractivity (Wildman–Crippen MR) is 65.1 cm³/mol. The normalized spacial score (nSPS) is 10.8. The molecule has 0 spiro atoms. The van der Waals surface area contributed by atoms with Gasteiger partial charge in [-0.1, -0.05) is 0 Å². The summed E-state index contributed by atoms with van der Waals surface area (Å²) in [6, 6.07) is 1.62. The van der Waals surface area contributed by atoms with E-state index < -0.39 is 0 Å². The van der Waals surface area contributed by atoms with E-state index in [1.807, 2.05) is 7.05 Å². The molecule has 0 saturated carbocycles. The van der Waals surface area contributed by atoms with Crippen molar-refractivity contribution in [3.8, 4) is 0 Å². The molecule has 0 radical (unpaired) electrons. The number of nitrogens with two attached hydrogens (primary N) is 1. The molecule has 1 aromatic rings. The fourth-order valence-corrected chi connectivity index (χ4v) is 1.81. The van der Waals surface area contributed by atoms with Gasteiger partial charge in [-0.3, -0.25) is 15.1 Å². The minimum atomic E-state index is -0.318. The van der Waals surface area contributed by atoms with Crippen LogP contribution < -0.4 is 11.3 Å². The lowest BCUT2D eigenvalue weighted by Crippen LogP contribution is -2.31. The molecule has 3 N–H and O–H groups in total. The van der Waals surface area contributed by atoms with Crippen molar-refractivity contribution in [3.63, 3.8) is 0 Å². The zero-order chi connectivity index (χ0) is 12.0. The lowest BCUT2D eigenvalue weighted by molar-refractivity contribution is 0.0950. The fraction of sp³-hybridized carbons (Fsp3) is 0.500. The second-order valence-electron chi connectivity index (χ2n) is 3.46. The molecule has 0 saturated heterocycles. The molecule has 1 rings (SSSR count). The second kappa shape index (κ2) is 6.57. The van der Waals surface area contributed by atoms with Crippen LogP contribution in [0.1, 0.15) is 16.1 Å². The number of thioether (sulfide) groups is 1. The van der Waals surface area contributed by atoms with Gasteiger partial charge < -0.3 is 4.42 Å². The molecule has 1 aromatic heterocycles. The van der Waals surface area contributed by atoms with Crippen molar-refractivity contribution >= 4 is 17.7 Å². The Kier molecular flexibility index (Phi) is 5.37. The van der Waals surface area contributed by atoms with Crippen molar-refractivity contribution in [2.45, 2.75) is 6.54 Å². The predicted octanol–water partition coefficient (Wildman–Crippen LogP) is 0.678. The quantitative estimate of drug-likeness (QED) is 0.437. The molecule has 0 aliphatic heterocycles. The van der Waals surface area contributed by atoms with E-state index in [1.165, 1.54) is 6.26 Å². The minimum Gasteiger partial charge on any atom is -0.467 e. The molecule has 0 aliphatic rings. The van der Waals surface area contributed by atoms with Crippen molar-refractivity contribution in [2.75, 3.05) is 25.6 Å². The van der Waals surface area contributed by atoms with Crippen molar-refractivity contribution < 1.29 is 9.21 Å². The van der Waals surface area contributed by atoms with Crippen LogP contribution >= 0.6 is 11.8 Å². The Labute approximate surface area is 99.3 Å². The summed E-state index contributed by atoms with van der Waals surface area (Å²) in [7, 11) is 1.99. The Bertz CT molecular complexity index is 341. The summed E-state index contributed by atoms with van der Waals surface area (Å²) in [6.07, 6.45) is 3.57. The molecule has 0 aliphatic carbocycles. The standard InChI is InChI=1S/C10H17N3O2S/c1-13(4-6-16-2)7-9-8(3-5-15-9)10(14)12-11/h3,5H,4,6-7,11H2,1-2H3,(H,12,14). The van der Waals surface area contributed by atoms with Crippen LogP contribution in [-0.4, -0.2) is 36.4 Å². The maximum Gasteiger partial charge on any atom is 0.268 e. The van der Waals surface area contributed by atoms with Gasteiger partial charge in [0.05, 0.1) is 18.4 Å². The van der Waals surface area contributed by atoms with E-state index in [9.17, 15) is 4.79 Å². The van der Waals surface area contributed by atoms with E-state index >= 15 is 0 Å². The SMILES string of the molecule is CSCCN(C)Cc1occc1C(=O)NN. The summed E-state index contributed by atoms with van der Waals surface area (Å²) in [5, 5.41) is 0. The highest BCUT2D eigenvalue weighted by molar-refractivity contribution is 7.98. The van der Waals surface area contributed by atoms with E-state index in [1.54, 1.807) is 17.8 Å². The van der Waals surface area contributed by atoms with Gasteiger partial charge >= 0.3 is 0 Å². The summed E-state index contributed by atoms with van der Waals surface area (Å²) < 4.78 is 5.27. The molecule has 1 amide bonds.